The number of likely N-dealkylation sites (tertiary alicyclic amines) is 2. The Bertz CT molecular complexity index is 867. The summed E-state index contributed by atoms with van der Waals surface area (Å²) >= 11 is 6.20. The van der Waals surface area contributed by atoms with Crippen LogP contribution in [0.2, 0.25) is 5.02 Å². The lowest BCUT2D eigenvalue weighted by Gasteiger charge is -2.28. The van der Waals surface area contributed by atoms with E-state index in [4.69, 9.17) is 16.3 Å². The van der Waals surface area contributed by atoms with Crippen molar-refractivity contribution in [1.82, 2.24) is 14.5 Å². The SMILES string of the molecule is O=C(c1ccc(Cl)c(S(=O)(=O)NCC2CCCO2)c1)N1CCCC1CN1CCCC1. The van der Waals surface area contributed by atoms with E-state index in [1.165, 1.54) is 25.0 Å². The van der Waals surface area contributed by atoms with Gasteiger partial charge in [0.1, 0.15) is 4.90 Å². The molecule has 30 heavy (non-hydrogen) atoms. The lowest BCUT2D eigenvalue weighted by atomic mass is 10.1. The molecule has 0 spiro atoms. The zero-order valence-corrected chi connectivity index (χ0v) is 18.8. The summed E-state index contributed by atoms with van der Waals surface area (Å²) in [4.78, 5) is 17.5. The highest BCUT2D eigenvalue weighted by Crippen LogP contribution is 2.27. The molecule has 0 saturated carbocycles. The highest BCUT2D eigenvalue weighted by molar-refractivity contribution is 7.89. The quantitative estimate of drug-likeness (QED) is 0.683. The summed E-state index contributed by atoms with van der Waals surface area (Å²) in [6.07, 6.45) is 6.07. The highest BCUT2D eigenvalue weighted by atomic mass is 35.5. The van der Waals surface area contributed by atoms with E-state index >= 15 is 0 Å². The van der Waals surface area contributed by atoms with E-state index < -0.39 is 10.0 Å². The number of amides is 1. The second-order valence-electron chi connectivity index (χ2n) is 8.43. The number of nitrogens with one attached hydrogen (secondary N) is 1. The van der Waals surface area contributed by atoms with Crippen LogP contribution in [0.3, 0.4) is 0 Å². The third kappa shape index (κ3) is 4.99. The number of hydrogen-bond donors (Lipinski definition) is 1. The zero-order valence-electron chi connectivity index (χ0n) is 17.2. The fourth-order valence-corrected chi connectivity index (χ4v) is 6.24. The molecule has 7 nitrogen and oxygen atoms in total. The van der Waals surface area contributed by atoms with Crippen molar-refractivity contribution < 1.29 is 17.9 Å². The van der Waals surface area contributed by atoms with Crippen molar-refractivity contribution in [2.75, 3.05) is 39.3 Å². The standard InChI is InChI=1S/C21H30ClN3O4S/c22-19-8-7-16(13-20(19)30(27,28)23-14-18-6-4-12-29-18)21(26)25-11-3-5-17(25)15-24-9-1-2-10-24/h7-8,13,17-18,23H,1-6,9-12,14-15H2. The van der Waals surface area contributed by atoms with Gasteiger partial charge in [-0.05, 0) is 69.8 Å². The van der Waals surface area contributed by atoms with Gasteiger partial charge in [0.2, 0.25) is 10.0 Å². The van der Waals surface area contributed by atoms with E-state index in [0.29, 0.717) is 18.7 Å². The summed E-state index contributed by atoms with van der Waals surface area (Å²) in [5.74, 6) is -0.121. The van der Waals surface area contributed by atoms with Crippen LogP contribution in [0, 0.1) is 0 Å². The van der Waals surface area contributed by atoms with Crippen LogP contribution in [0.4, 0.5) is 0 Å². The van der Waals surface area contributed by atoms with E-state index in [9.17, 15) is 13.2 Å². The summed E-state index contributed by atoms with van der Waals surface area (Å²) in [6.45, 7) is 4.66. The van der Waals surface area contributed by atoms with Crippen LogP contribution in [-0.4, -0.2) is 75.6 Å². The average molecular weight is 456 g/mol. The van der Waals surface area contributed by atoms with Crippen molar-refractivity contribution in [1.29, 1.82) is 0 Å². The summed E-state index contributed by atoms with van der Waals surface area (Å²) < 4.78 is 33.7. The van der Waals surface area contributed by atoms with Crippen LogP contribution >= 0.6 is 11.6 Å². The normalized spacial score (nSPS) is 25.3. The lowest BCUT2D eigenvalue weighted by Crippen LogP contribution is -2.42. The van der Waals surface area contributed by atoms with Crippen LogP contribution in [0.25, 0.3) is 0 Å². The number of benzene rings is 1. The fourth-order valence-electron chi connectivity index (χ4n) is 4.65. The minimum absolute atomic E-state index is 0.0525. The molecule has 0 aromatic heterocycles. The zero-order chi connectivity index (χ0) is 21.1. The van der Waals surface area contributed by atoms with Crippen LogP contribution < -0.4 is 4.72 Å². The number of halogens is 1. The summed E-state index contributed by atoms with van der Waals surface area (Å²) in [7, 11) is -3.83. The van der Waals surface area contributed by atoms with Crippen LogP contribution in [-0.2, 0) is 14.8 Å². The Kier molecular flexibility index (Phi) is 6.99. The Morgan fingerprint density at radius 3 is 2.67 bits per heavy atom. The van der Waals surface area contributed by atoms with Crippen LogP contribution in [0.5, 0.6) is 0 Å². The maximum absolute atomic E-state index is 13.2. The molecular weight excluding hydrogens is 426 g/mol. The van der Waals surface area contributed by atoms with Gasteiger partial charge in [-0.3, -0.25) is 4.79 Å². The molecule has 3 fully saturated rings. The second-order valence-corrected chi connectivity index (χ2v) is 10.6. The lowest BCUT2D eigenvalue weighted by molar-refractivity contribution is 0.0708. The Morgan fingerprint density at radius 2 is 1.93 bits per heavy atom. The maximum atomic E-state index is 13.2. The minimum atomic E-state index is -3.83. The molecule has 0 bridgehead atoms. The predicted octanol–water partition coefficient (Wildman–Crippen LogP) is 2.50. The molecule has 3 aliphatic heterocycles. The third-order valence-corrected chi connectivity index (χ3v) is 8.20. The van der Waals surface area contributed by atoms with E-state index in [1.54, 1.807) is 6.07 Å². The molecule has 9 heteroatoms. The van der Waals surface area contributed by atoms with Crippen molar-refractivity contribution >= 4 is 27.5 Å². The largest absolute Gasteiger partial charge is 0.377 e. The van der Waals surface area contributed by atoms with Gasteiger partial charge in [-0.2, -0.15) is 0 Å². The van der Waals surface area contributed by atoms with Crippen LogP contribution in [0.15, 0.2) is 23.1 Å². The molecule has 166 valence electrons. The van der Waals surface area contributed by atoms with Gasteiger partial charge in [-0.15, -0.1) is 0 Å². The molecule has 0 radical (unpaired) electrons. The monoisotopic (exact) mass is 455 g/mol. The number of ether oxygens (including phenoxy) is 1. The fraction of sp³-hybridized carbons (Fsp3) is 0.667. The molecule has 1 N–H and O–H groups in total. The van der Waals surface area contributed by atoms with Crippen molar-refractivity contribution in [3.8, 4) is 0 Å². The number of sulfonamides is 1. The summed E-state index contributed by atoms with van der Waals surface area (Å²) in [5.41, 5.74) is 0.366. The van der Waals surface area contributed by atoms with E-state index in [2.05, 4.69) is 9.62 Å². The van der Waals surface area contributed by atoms with Gasteiger partial charge in [0.25, 0.3) is 5.91 Å². The first-order chi connectivity index (χ1) is 14.4. The van der Waals surface area contributed by atoms with Crippen molar-refractivity contribution in [2.45, 2.75) is 55.6 Å². The number of carbonyl (C=O) groups is 1. The maximum Gasteiger partial charge on any atom is 0.254 e. The van der Waals surface area contributed by atoms with Gasteiger partial charge in [0, 0.05) is 37.8 Å². The Labute approximate surface area is 183 Å². The van der Waals surface area contributed by atoms with Gasteiger partial charge in [-0.1, -0.05) is 11.6 Å². The highest BCUT2D eigenvalue weighted by Gasteiger charge is 2.32. The summed E-state index contributed by atoms with van der Waals surface area (Å²) in [6, 6.07) is 4.72. The first-order valence-electron chi connectivity index (χ1n) is 10.9. The van der Waals surface area contributed by atoms with Crippen molar-refractivity contribution in [3.05, 3.63) is 28.8 Å². The molecule has 4 rings (SSSR count). The van der Waals surface area contributed by atoms with Crippen molar-refractivity contribution in [2.24, 2.45) is 0 Å². The average Bonchev–Trinajstić information content (AvgIpc) is 3.50. The summed E-state index contributed by atoms with van der Waals surface area (Å²) in [5, 5.41) is 0.112. The molecule has 3 heterocycles. The molecule has 2 unspecified atom stereocenters. The Morgan fingerprint density at radius 1 is 1.13 bits per heavy atom. The van der Waals surface area contributed by atoms with Gasteiger partial charge in [-0.25, -0.2) is 13.1 Å². The van der Waals surface area contributed by atoms with Crippen LogP contribution in [0.1, 0.15) is 48.9 Å². The molecular formula is C21H30ClN3O4S. The van der Waals surface area contributed by atoms with Crippen molar-refractivity contribution in [3.63, 3.8) is 0 Å². The molecule has 3 saturated heterocycles. The molecule has 1 aromatic rings. The molecule has 1 aromatic carbocycles. The first-order valence-corrected chi connectivity index (χ1v) is 12.7. The van der Waals surface area contributed by atoms with E-state index in [1.807, 2.05) is 4.90 Å². The Hall–Kier alpha value is -1.19. The molecule has 2 atom stereocenters. The first kappa shape index (κ1) is 22.0. The number of nitrogens with zero attached hydrogens (tertiary/aromatic N) is 2. The topological polar surface area (TPSA) is 78.9 Å². The van der Waals surface area contributed by atoms with Gasteiger partial charge in [0.05, 0.1) is 11.1 Å². The number of hydrogen-bond acceptors (Lipinski definition) is 5. The minimum Gasteiger partial charge on any atom is -0.377 e. The van der Waals surface area contributed by atoms with E-state index in [-0.39, 0.29) is 34.5 Å². The molecule has 0 aliphatic carbocycles. The Balaban J connectivity index is 1.48. The van der Waals surface area contributed by atoms with Gasteiger partial charge >= 0.3 is 0 Å². The number of rotatable bonds is 7. The second kappa shape index (κ2) is 9.53. The molecule has 3 aliphatic rings. The third-order valence-electron chi connectivity index (χ3n) is 6.30. The smallest absolute Gasteiger partial charge is 0.254 e. The van der Waals surface area contributed by atoms with Gasteiger partial charge in [0.15, 0.2) is 0 Å². The van der Waals surface area contributed by atoms with E-state index in [0.717, 1.165) is 45.3 Å². The number of carbonyl (C=O) groups excluding carboxylic acids is 1. The van der Waals surface area contributed by atoms with Gasteiger partial charge < -0.3 is 14.5 Å². The molecule has 1 amide bonds. The predicted molar refractivity (Wildman–Crippen MR) is 115 cm³/mol.